The third-order valence-electron chi connectivity index (χ3n) is 6.87. The molecule has 0 aliphatic heterocycles. The fraction of sp³-hybridized carbons (Fsp3) is 0.655. The smallest absolute Gasteiger partial charge is 0.334 e. The van der Waals surface area contributed by atoms with Gasteiger partial charge >= 0.3 is 11.1 Å². The molecule has 0 saturated heterocycles. The maximum Gasteiger partial charge on any atom is 0.334 e. The minimum absolute atomic E-state index is 0.269. The highest BCUT2D eigenvalue weighted by atomic mass is 32.1. The first-order valence-corrected chi connectivity index (χ1v) is 14.8. The molecular weight excluding hydrogens is 484 g/mol. The highest BCUT2D eigenvalue weighted by Gasteiger charge is 2.24. The number of fused-ring (bicyclic) bond motifs is 1. The number of carbonyl (C=O) groups excluding carboxylic acids is 1. The summed E-state index contributed by atoms with van der Waals surface area (Å²) in [5, 5.41) is 8.28. The number of anilines is 1. The van der Waals surface area contributed by atoms with E-state index in [0.29, 0.717) is 42.0 Å². The van der Waals surface area contributed by atoms with Gasteiger partial charge in [0.25, 0.3) is 0 Å². The molecule has 0 aliphatic carbocycles. The Morgan fingerprint density at radius 3 is 2.41 bits per heavy atom. The standard InChI is InChI=1S/C29H46N4O3S/c1-7-11-13-22(9-3)19-33-25-18-26(36-20-23(10-4)14-12-8-2)24(32-30)17-27(25)37-29(33)31-15-16-35-28(34)21(5)6/h17-18,22-23,30H,5,7-16,19-20H2,1-4,6H3/p+1. The Bertz CT molecular complexity index is 1020. The van der Waals surface area contributed by atoms with E-state index in [4.69, 9.17) is 15.0 Å². The fourth-order valence-corrected chi connectivity index (χ4v) is 5.43. The van der Waals surface area contributed by atoms with Crippen molar-refractivity contribution in [1.82, 2.24) is 0 Å². The molecule has 2 unspecified atom stereocenters. The minimum atomic E-state index is -0.371. The van der Waals surface area contributed by atoms with Crippen molar-refractivity contribution in [2.24, 2.45) is 17.0 Å². The molecule has 2 rings (SSSR count). The predicted octanol–water partition coefficient (Wildman–Crippen LogP) is 8.19. The third-order valence-corrected chi connectivity index (χ3v) is 7.97. The van der Waals surface area contributed by atoms with Crippen LogP contribution >= 0.6 is 11.3 Å². The lowest BCUT2D eigenvalue weighted by molar-refractivity contribution is -0.661. The summed E-state index contributed by atoms with van der Waals surface area (Å²) < 4.78 is 15.0. The molecule has 2 aromatic rings. The van der Waals surface area contributed by atoms with E-state index in [1.807, 2.05) is 6.07 Å². The second-order valence-electron chi connectivity index (χ2n) is 9.90. The SMILES string of the molecule is C=C(C)C(=O)OCCNc1sc2cc(N=N)c(OCC(CC)CCCC)cc2[n+]1CC(CC)CCCC. The van der Waals surface area contributed by atoms with E-state index in [2.05, 4.69) is 55.3 Å². The van der Waals surface area contributed by atoms with Gasteiger partial charge in [-0.3, -0.25) is 5.32 Å². The van der Waals surface area contributed by atoms with Crippen LogP contribution in [0.5, 0.6) is 5.75 Å². The summed E-state index contributed by atoms with van der Waals surface area (Å²) in [7, 11) is 0. The van der Waals surface area contributed by atoms with Gasteiger partial charge in [-0.1, -0.05) is 66.4 Å². The average molecular weight is 532 g/mol. The van der Waals surface area contributed by atoms with Crippen LogP contribution < -0.4 is 14.6 Å². The molecule has 1 heterocycles. The van der Waals surface area contributed by atoms with Crippen molar-refractivity contribution in [3.05, 3.63) is 24.3 Å². The van der Waals surface area contributed by atoms with Crippen molar-refractivity contribution in [1.29, 1.82) is 5.53 Å². The number of benzene rings is 1. The van der Waals surface area contributed by atoms with Crippen molar-refractivity contribution >= 4 is 38.3 Å². The van der Waals surface area contributed by atoms with E-state index in [0.717, 1.165) is 41.2 Å². The summed E-state index contributed by atoms with van der Waals surface area (Å²) in [6, 6.07) is 4.02. The van der Waals surface area contributed by atoms with Crippen LogP contribution in [0.2, 0.25) is 0 Å². The Kier molecular flexibility index (Phi) is 13.6. The van der Waals surface area contributed by atoms with Crippen LogP contribution in [0.15, 0.2) is 29.4 Å². The van der Waals surface area contributed by atoms with Gasteiger partial charge in [-0.15, -0.1) is 0 Å². The first kappa shape index (κ1) is 30.7. The topological polar surface area (TPSA) is 87.6 Å². The molecule has 0 bridgehead atoms. The van der Waals surface area contributed by atoms with Crippen LogP contribution in [0, 0.1) is 17.4 Å². The number of hydrogen-bond acceptors (Lipinski definition) is 7. The van der Waals surface area contributed by atoms with E-state index >= 15 is 0 Å². The van der Waals surface area contributed by atoms with Gasteiger partial charge < -0.3 is 9.47 Å². The maximum absolute atomic E-state index is 11.7. The van der Waals surface area contributed by atoms with Gasteiger partial charge in [-0.25, -0.2) is 14.9 Å². The van der Waals surface area contributed by atoms with Crippen molar-refractivity contribution in [2.45, 2.75) is 92.5 Å². The maximum atomic E-state index is 11.7. The summed E-state index contributed by atoms with van der Waals surface area (Å²) in [5.74, 6) is 1.37. The number of esters is 1. The van der Waals surface area contributed by atoms with Gasteiger partial charge in [-0.2, -0.15) is 5.11 Å². The van der Waals surface area contributed by atoms with Crippen LogP contribution in [-0.2, 0) is 16.1 Å². The van der Waals surface area contributed by atoms with Gasteiger partial charge in [0.1, 0.15) is 24.4 Å². The number of carbonyl (C=O) groups is 1. The van der Waals surface area contributed by atoms with Gasteiger partial charge in [0.15, 0.2) is 5.75 Å². The molecule has 0 amide bonds. The molecule has 2 atom stereocenters. The van der Waals surface area contributed by atoms with E-state index in [-0.39, 0.29) is 12.6 Å². The zero-order chi connectivity index (χ0) is 27.2. The molecular formula is C29H47N4O3S+. The van der Waals surface area contributed by atoms with Crippen molar-refractivity contribution in [3.63, 3.8) is 0 Å². The number of aromatic nitrogens is 1. The molecule has 0 aliphatic rings. The Morgan fingerprint density at radius 2 is 1.81 bits per heavy atom. The number of nitrogens with zero attached hydrogens (tertiary/aromatic N) is 2. The molecule has 206 valence electrons. The second kappa shape index (κ2) is 16.4. The Hall–Kier alpha value is -2.48. The van der Waals surface area contributed by atoms with Crippen LogP contribution in [0.3, 0.4) is 0 Å². The predicted molar refractivity (Wildman–Crippen MR) is 153 cm³/mol. The first-order valence-electron chi connectivity index (χ1n) is 13.9. The van der Waals surface area contributed by atoms with Gasteiger partial charge in [0, 0.05) is 11.6 Å². The molecule has 0 spiro atoms. The average Bonchev–Trinajstić information content (AvgIpc) is 3.23. The lowest BCUT2D eigenvalue weighted by Gasteiger charge is -2.17. The zero-order valence-corrected chi connectivity index (χ0v) is 24.3. The summed E-state index contributed by atoms with van der Waals surface area (Å²) in [6.07, 6.45) is 9.32. The van der Waals surface area contributed by atoms with E-state index in [9.17, 15) is 4.79 Å². The number of rotatable bonds is 19. The quantitative estimate of drug-likeness (QED) is 0.0629. The highest BCUT2D eigenvalue weighted by molar-refractivity contribution is 7.21. The van der Waals surface area contributed by atoms with Gasteiger partial charge in [0.05, 0.1) is 17.9 Å². The highest BCUT2D eigenvalue weighted by Crippen LogP contribution is 2.36. The van der Waals surface area contributed by atoms with Gasteiger partial charge in [0.2, 0.25) is 0 Å². The minimum Gasteiger partial charge on any atom is -0.491 e. The summed E-state index contributed by atoms with van der Waals surface area (Å²) in [6.45, 7) is 16.5. The van der Waals surface area contributed by atoms with Crippen molar-refractivity contribution in [3.8, 4) is 5.75 Å². The molecule has 8 heteroatoms. The summed E-state index contributed by atoms with van der Waals surface area (Å²) in [4.78, 5) is 11.7. The van der Waals surface area contributed by atoms with E-state index < -0.39 is 0 Å². The van der Waals surface area contributed by atoms with Crippen LogP contribution in [0.25, 0.3) is 10.2 Å². The first-order chi connectivity index (χ1) is 17.9. The van der Waals surface area contributed by atoms with Crippen LogP contribution in [0.4, 0.5) is 10.8 Å². The normalized spacial score (nSPS) is 12.8. The molecule has 1 aromatic heterocycles. The Labute approximate surface area is 227 Å². The third kappa shape index (κ3) is 9.40. The fourth-order valence-electron chi connectivity index (χ4n) is 4.32. The number of ether oxygens (including phenoxy) is 2. The molecule has 2 N–H and O–H groups in total. The summed E-state index contributed by atoms with van der Waals surface area (Å²) in [5.41, 5.74) is 9.81. The number of hydrogen-bond donors (Lipinski definition) is 2. The Balaban J connectivity index is 2.35. The monoisotopic (exact) mass is 531 g/mol. The van der Waals surface area contributed by atoms with Gasteiger partial charge in [-0.05, 0) is 55.4 Å². The second-order valence-corrected chi connectivity index (χ2v) is 10.9. The lowest BCUT2D eigenvalue weighted by atomic mass is 9.99. The number of unbranched alkanes of at least 4 members (excludes halogenated alkanes) is 2. The molecule has 0 saturated carbocycles. The van der Waals surface area contributed by atoms with Crippen molar-refractivity contribution < 1.29 is 18.8 Å². The number of nitrogens with one attached hydrogen (secondary N) is 2. The molecule has 37 heavy (non-hydrogen) atoms. The molecule has 0 radical (unpaired) electrons. The summed E-state index contributed by atoms with van der Waals surface area (Å²) >= 11 is 1.64. The molecule has 0 fully saturated rings. The van der Waals surface area contributed by atoms with E-state index in [1.165, 1.54) is 32.1 Å². The van der Waals surface area contributed by atoms with Crippen LogP contribution in [0.1, 0.15) is 86.0 Å². The van der Waals surface area contributed by atoms with E-state index in [1.54, 1.807) is 18.3 Å². The molecule has 7 nitrogen and oxygen atoms in total. The van der Waals surface area contributed by atoms with Crippen LogP contribution in [-0.4, -0.2) is 25.7 Å². The molecule has 1 aromatic carbocycles. The number of thiazole rings is 1. The largest absolute Gasteiger partial charge is 0.491 e. The lowest BCUT2D eigenvalue weighted by Crippen LogP contribution is -2.39. The zero-order valence-electron chi connectivity index (χ0n) is 23.5. The van der Waals surface area contributed by atoms with Crippen molar-refractivity contribution in [2.75, 3.05) is 25.1 Å². The Morgan fingerprint density at radius 1 is 1.14 bits per heavy atom.